The van der Waals surface area contributed by atoms with Crippen LogP contribution in [0.2, 0.25) is 0 Å². The fraction of sp³-hybridized carbons (Fsp3) is 0.333. The van der Waals surface area contributed by atoms with Gasteiger partial charge in [0.1, 0.15) is 11.5 Å². The van der Waals surface area contributed by atoms with Crippen molar-refractivity contribution in [2.75, 3.05) is 6.61 Å². The van der Waals surface area contributed by atoms with Crippen molar-refractivity contribution in [3.05, 3.63) is 58.1 Å². The summed E-state index contributed by atoms with van der Waals surface area (Å²) >= 11 is 0. The van der Waals surface area contributed by atoms with Crippen molar-refractivity contribution in [3.8, 4) is 11.5 Å². The van der Waals surface area contributed by atoms with E-state index in [4.69, 9.17) is 9.47 Å². The van der Waals surface area contributed by atoms with E-state index in [9.17, 15) is 9.59 Å². The van der Waals surface area contributed by atoms with E-state index in [2.05, 4.69) is 0 Å². The molecule has 0 aliphatic heterocycles. The van der Waals surface area contributed by atoms with Crippen molar-refractivity contribution in [1.82, 2.24) is 0 Å². The fourth-order valence-corrected chi connectivity index (χ4v) is 3.30. The summed E-state index contributed by atoms with van der Waals surface area (Å²) in [6, 6.07) is 9.38. The molecule has 2 aromatic carbocycles. The summed E-state index contributed by atoms with van der Waals surface area (Å²) in [7, 11) is 0. The predicted octanol–water partition coefficient (Wildman–Crippen LogP) is 4.12. The van der Waals surface area contributed by atoms with Crippen LogP contribution in [0.5, 0.6) is 11.5 Å². The second-order valence-electron chi connectivity index (χ2n) is 6.60. The summed E-state index contributed by atoms with van der Waals surface area (Å²) in [5, 5.41) is 0. The number of aryl methyl sites for hydroxylation is 3. The number of ether oxygens (including phenoxy) is 2. The molecule has 0 saturated carbocycles. The number of carbonyl (C=O) groups excluding carboxylic acids is 2. The van der Waals surface area contributed by atoms with E-state index in [0.717, 1.165) is 35.1 Å². The Balaban J connectivity index is 1.72. The van der Waals surface area contributed by atoms with Crippen LogP contribution in [0.25, 0.3) is 0 Å². The highest BCUT2D eigenvalue weighted by atomic mass is 16.6. The van der Waals surface area contributed by atoms with Crippen LogP contribution >= 0.6 is 0 Å². The lowest BCUT2D eigenvalue weighted by atomic mass is 9.87. The summed E-state index contributed by atoms with van der Waals surface area (Å²) in [4.78, 5) is 24.4. The Morgan fingerprint density at radius 3 is 2.48 bits per heavy atom. The fourth-order valence-electron chi connectivity index (χ4n) is 3.30. The largest absolute Gasteiger partial charge is 0.482 e. The number of rotatable bonds is 4. The first-order valence-electron chi connectivity index (χ1n) is 8.51. The molecule has 3 rings (SSSR count). The number of Topliss-reactive ketones (excluding diaryl/α,β-unsaturated/α-hetero) is 1. The number of hydrogen-bond donors (Lipinski definition) is 0. The van der Waals surface area contributed by atoms with Gasteiger partial charge in [-0.15, -0.1) is 0 Å². The van der Waals surface area contributed by atoms with Gasteiger partial charge in [-0.2, -0.15) is 0 Å². The van der Waals surface area contributed by atoms with Gasteiger partial charge in [0.2, 0.25) is 0 Å². The van der Waals surface area contributed by atoms with Crippen LogP contribution in [-0.2, 0) is 11.2 Å². The number of esters is 1. The maximum atomic E-state index is 12.3. The number of ketones is 1. The number of fused-ring (bicyclic) bond motifs is 1. The molecule has 0 unspecified atom stereocenters. The number of carbonyl (C=O) groups is 2. The maximum absolute atomic E-state index is 12.3. The van der Waals surface area contributed by atoms with Gasteiger partial charge in [-0.05, 0) is 74.1 Å². The van der Waals surface area contributed by atoms with Crippen LogP contribution in [0.4, 0.5) is 0 Å². The molecule has 0 spiro atoms. The summed E-state index contributed by atoms with van der Waals surface area (Å²) < 4.78 is 11.0. The van der Waals surface area contributed by atoms with Gasteiger partial charge in [0.25, 0.3) is 0 Å². The van der Waals surface area contributed by atoms with Gasteiger partial charge < -0.3 is 9.47 Å². The van der Waals surface area contributed by atoms with Gasteiger partial charge in [0.15, 0.2) is 12.4 Å². The van der Waals surface area contributed by atoms with Gasteiger partial charge in [-0.1, -0.05) is 12.1 Å². The molecule has 0 bridgehead atoms. The molecule has 1 aliphatic carbocycles. The molecule has 0 amide bonds. The van der Waals surface area contributed by atoms with Crippen molar-refractivity contribution in [2.24, 2.45) is 0 Å². The average Bonchev–Trinajstić information content (AvgIpc) is 2.55. The minimum absolute atomic E-state index is 0.0444. The minimum Gasteiger partial charge on any atom is -0.482 e. The summed E-state index contributed by atoms with van der Waals surface area (Å²) in [5.41, 5.74) is 4.76. The predicted molar refractivity (Wildman–Crippen MR) is 95.5 cm³/mol. The average molecular weight is 338 g/mol. The SMILES string of the molecule is Cc1cc(C)cc(OCC(=O)Oc2ccc(C)c3c2C(=O)CCC3)c1. The van der Waals surface area contributed by atoms with E-state index in [0.29, 0.717) is 23.5 Å². The molecule has 0 heterocycles. The van der Waals surface area contributed by atoms with Gasteiger partial charge in [-0.3, -0.25) is 4.79 Å². The van der Waals surface area contributed by atoms with Gasteiger partial charge >= 0.3 is 5.97 Å². The molecule has 4 nitrogen and oxygen atoms in total. The molecule has 0 atom stereocenters. The zero-order valence-corrected chi connectivity index (χ0v) is 14.8. The Hall–Kier alpha value is -2.62. The van der Waals surface area contributed by atoms with E-state index in [1.807, 2.05) is 45.0 Å². The van der Waals surface area contributed by atoms with Crippen molar-refractivity contribution >= 4 is 11.8 Å². The first-order chi connectivity index (χ1) is 11.9. The van der Waals surface area contributed by atoms with Gasteiger partial charge in [-0.25, -0.2) is 4.79 Å². The second kappa shape index (κ2) is 7.09. The van der Waals surface area contributed by atoms with E-state index in [1.54, 1.807) is 6.07 Å². The maximum Gasteiger partial charge on any atom is 0.349 e. The summed E-state index contributed by atoms with van der Waals surface area (Å²) in [5.74, 6) is 0.516. The van der Waals surface area contributed by atoms with Gasteiger partial charge in [0.05, 0.1) is 5.56 Å². The highest BCUT2D eigenvalue weighted by Gasteiger charge is 2.24. The molecule has 0 radical (unpaired) electrons. The van der Waals surface area contributed by atoms with Crippen LogP contribution in [0.3, 0.4) is 0 Å². The van der Waals surface area contributed by atoms with Crippen LogP contribution in [0.1, 0.15) is 45.5 Å². The van der Waals surface area contributed by atoms with Crippen LogP contribution in [0.15, 0.2) is 30.3 Å². The Morgan fingerprint density at radius 1 is 1.04 bits per heavy atom. The first kappa shape index (κ1) is 17.2. The lowest BCUT2D eigenvalue weighted by Gasteiger charge is -2.20. The van der Waals surface area contributed by atoms with Crippen LogP contribution < -0.4 is 9.47 Å². The third kappa shape index (κ3) is 3.90. The Labute approximate surface area is 147 Å². The lowest BCUT2D eigenvalue weighted by Crippen LogP contribution is -2.21. The molecular weight excluding hydrogens is 316 g/mol. The Bertz CT molecular complexity index is 816. The highest BCUT2D eigenvalue weighted by molar-refractivity contribution is 6.02. The topological polar surface area (TPSA) is 52.6 Å². The zero-order valence-electron chi connectivity index (χ0n) is 14.8. The minimum atomic E-state index is -0.511. The van der Waals surface area contributed by atoms with E-state index < -0.39 is 5.97 Å². The summed E-state index contributed by atoms with van der Waals surface area (Å²) in [6.45, 7) is 5.73. The Morgan fingerprint density at radius 2 is 1.76 bits per heavy atom. The zero-order chi connectivity index (χ0) is 18.0. The normalized spacial score (nSPS) is 13.3. The molecule has 0 N–H and O–H groups in total. The quantitative estimate of drug-likeness (QED) is 0.622. The standard InChI is InChI=1S/C21H22O4/c1-13-9-14(2)11-16(10-13)24-12-20(23)25-19-8-7-15(3)17-5-4-6-18(22)21(17)19/h7-11H,4-6,12H2,1-3H3. The van der Waals surface area contributed by atoms with Crippen LogP contribution in [-0.4, -0.2) is 18.4 Å². The molecule has 130 valence electrons. The van der Waals surface area contributed by atoms with Crippen molar-refractivity contribution < 1.29 is 19.1 Å². The molecular formula is C21H22O4. The smallest absolute Gasteiger partial charge is 0.349 e. The molecule has 1 aliphatic rings. The van der Waals surface area contributed by atoms with E-state index in [-0.39, 0.29) is 12.4 Å². The van der Waals surface area contributed by atoms with E-state index >= 15 is 0 Å². The summed E-state index contributed by atoms with van der Waals surface area (Å²) in [6.07, 6.45) is 2.19. The first-order valence-corrected chi connectivity index (χ1v) is 8.51. The number of hydrogen-bond acceptors (Lipinski definition) is 4. The van der Waals surface area contributed by atoms with Crippen molar-refractivity contribution in [1.29, 1.82) is 0 Å². The third-order valence-electron chi connectivity index (χ3n) is 4.39. The third-order valence-corrected chi connectivity index (χ3v) is 4.39. The second-order valence-corrected chi connectivity index (χ2v) is 6.60. The Kier molecular flexibility index (Phi) is 4.88. The molecule has 25 heavy (non-hydrogen) atoms. The van der Waals surface area contributed by atoms with Crippen LogP contribution in [0, 0.1) is 20.8 Å². The monoisotopic (exact) mass is 338 g/mol. The van der Waals surface area contributed by atoms with Gasteiger partial charge in [0, 0.05) is 6.42 Å². The molecule has 0 saturated heterocycles. The number of benzene rings is 2. The van der Waals surface area contributed by atoms with E-state index in [1.165, 1.54) is 0 Å². The highest BCUT2D eigenvalue weighted by Crippen LogP contribution is 2.32. The lowest BCUT2D eigenvalue weighted by molar-refractivity contribution is -0.136. The molecule has 4 heteroatoms. The molecule has 2 aromatic rings. The van der Waals surface area contributed by atoms with Crippen molar-refractivity contribution in [2.45, 2.75) is 40.0 Å². The van der Waals surface area contributed by atoms with Crippen molar-refractivity contribution in [3.63, 3.8) is 0 Å². The molecule has 0 fully saturated rings. The molecule has 0 aromatic heterocycles.